The Balaban J connectivity index is 2.69. The summed E-state index contributed by atoms with van der Waals surface area (Å²) in [7, 11) is 1.81. The molecule has 1 rings (SSSR count). The third-order valence-electron chi connectivity index (χ3n) is 2.64. The second kappa shape index (κ2) is 7.38. The second-order valence-corrected chi connectivity index (χ2v) is 4.09. The molecule has 0 saturated heterocycles. The van der Waals surface area contributed by atoms with Crippen LogP contribution in [0.25, 0.3) is 0 Å². The van der Waals surface area contributed by atoms with Gasteiger partial charge in [0.25, 0.3) is 0 Å². The average Bonchev–Trinajstić information content (AvgIpc) is 2.38. The first-order chi connectivity index (χ1) is 9.08. The minimum atomic E-state index is -1.04. The van der Waals surface area contributed by atoms with Crippen LogP contribution in [0, 0.1) is 0 Å². The number of benzene rings is 1. The van der Waals surface area contributed by atoms with Crippen LogP contribution in [0.4, 0.5) is 10.5 Å². The Hall–Kier alpha value is -2.08. The maximum atomic E-state index is 11.7. The molecule has 0 radical (unpaired) electrons. The highest BCUT2D eigenvalue weighted by Crippen LogP contribution is 2.14. The SMILES string of the molecule is CC[C@H](NC(=O)Nc1ccccc1CNC)C(=O)O. The van der Waals surface area contributed by atoms with Crippen molar-refractivity contribution in [3.05, 3.63) is 29.8 Å². The van der Waals surface area contributed by atoms with E-state index < -0.39 is 18.0 Å². The molecule has 4 N–H and O–H groups in total. The molecule has 0 aromatic heterocycles. The number of amides is 2. The molecule has 0 heterocycles. The minimum Gasteiger partial charge on any atom is -0.480 e. The summed E-state index contributed by atoms with van der Waals surface area (Å²) in [6.07, 6.45) is 0.334. The lowest BCUT2D eigenvalue weighted by atomic mass is 10.2. The molecule has 6 heteroatoms. The van der Waals surface area contributed by atoms with Gasteiger partial charge in [-0.2, -0.15) is 0 Å². The zero-order valence-electron chi connectivity index (χ0n) is 11.1. The number of carbonyl (C=O) groups is 2. The van der Waals surface area contributed by atoms with Gasteiger partial charge in [0.15, 0.2) is 0 Å². The van der Waals surface area contributed by atoms with Crippen LogP contribution >= 0.6 is 0 Å². The quantitative estimate of drug-likeness (QED) is 0.625. The van der Waals surface area contributed by atoms with Crippen molar-refractivity contribution in [3.63, 3.8) is 0 Å². The number of rotatable bonds is 6. The summed E-state index contributed by atoms with van der Waals surface area (Å²) < 4.78 is 0. The Labute approximate surface area is 112 Å². The van der Waals surface area contributed by atoms with Crippen LogP contribution in [0.15, 0.2) is 24.3 Å². The molecule has 0 aliphatic rings. The van der Waals surface area contributed by atoms with Gasteiger partial charge in [-0.25, -0.2) is 9.59 Å². The van der Waals surface area contributed by atoms with E-state index in [1.807, 2.05) is 25.2 Å². The van der Waals surface area contributed by atoms with Gasteiger partial charge in [-0.3, -0.25) is 0 Å². The summed E-state index contributed by atoms with van der Waals surface area (Å²) in [6, 6.07) is 5.95. The van der Waals surface area contributed by atoms with Crippen molar-refractivity contribution >= 4 is 17.7 Å². The molecule has 0 aliphatic heterocycles. The number of hydrogen-bond donors (Lipinski definition) is 4. The Morgan fingerprint density at radius 2 is 2.00 bits per heavy atom. The Bertz CT molecular complexity index is 449. The molecule has 0 aliphatic carbocycles. The highest BCUT2D eigenvalue weighted by Gasteiger charge is 2.17. The summed E-state index contributed by atoms with van der Waals surface area (Å²) >= 11 is 0. The summed E-state index contributed by atoms with van der Waals surface area (Å²) in [4.78, 5) is 22.6. The number of carboxylic acid groups (broad SMARTS) is 1. The van der Waals surface area contributed by atoms with E-state index in [-0.39, 0.29) is 0 Å². The highest BCUT2D eigenvalue weighted by atomic mass is 16.4. The van der Waals surface area contributed by atoms with Crippen molar-refractivity contribution in [1.29, 1.82) is 0 Å². The smallest absolute Gasteiger partial charge is 0.326 e. The standard InChI is InChI=1S/C13H19N3O3/c1-3-10(12(17)18)15-13(19)16-11-7-5-4-6-9(11)8-14-2/h4-7,10,14H,3,8H2,1-2H3,(H,17,18)(H2,15,16,19)/t10-/m0/s1. The first-order valence-electron chi connectivity index (χ1n) is 6.11. The van der Waals surface area contributed by atoms with Crippen molar-refractivity contribution < 1.29 is 14.7 Å². The third kappa shape index (κ3) is 4.59. The minimum absolute atomic E-state index is 0.334. The zero-order valence-corrected chi connectivity index (χ0v) is 11.1. The largest absolute Gasteiger partial charge is 0.480 e. The lowest BCUT2D eigenvalue weighted by molar-refractivity contribution is -0.139. The number of nitrogens with one attached hydrogen (secondary N) is 3. The summed E-state index contributed by atoms with van der Waals surface area (Å²) in [5, 5.41) is 17.0. The topological polar surface area (TPSA) is 90.5 Å². The summed E-state index contributed by atoms with van der Waals surface area (Å²) in [6.45, 7) is 2.32. The molecular formula is C13H19N3O3. The number of anilines is 1. The fraction of sp³-hybridized carbons (Fsp3) is 0.385. The molecule has 2 amide bonds. The van der Waals surface area contributed by atoms with Crippen molar-refractivity contribution in [2.45, 2.75) is 25.9 Å². The van der Waals surface area contributed by atoms with Crippen molar-refractivity contribution in [1.82, 2.24) is 10.6 Å². The van der Waals surface area contributed by atoms with Gasteiger partial charge in [-0.05, 0) is 25.1 Å². The number of hydrogen-bond acceptors (Lipinski definition) is 3. The molecule has 19 heavy (non-hydrogen) atoms. The van der Waals surface area contributed by atoms with Crippen LogP contribution in [0.3, 0.4) is 0 Å². The Morgan fingerprint density at radius 3 is 2.58 bits per heavy atom. The number of aliphatic carboxylic acids is 1. The van der Waals surface area contributed by atoms with Crippen molar-refractivity contribution in [3.8, 4) is 0 Å². The van der Waals surface area contributed by atoms with Crippen molar-refractivity contribution in [2.24, 2.45) is 0 Å². The molecule has 6 nitrogen and oxygen atoms in total. The van der Waals surface area contributed by atoms with E-state index in [0.717, 1.165) is 5.56 Å². The van der Waals surface area contributed by atoms with Crippen LogP contribution in [0.1, 0.15) is 18.9 Å². The Morgan fingerprint density at radius 1 is 1.32 bits per heavy atom. The molecule has 0 unspecified atom stereocenters. The van der Waals surface area contributed by atoms with Crippen LogP contribution in [-0.4, -0.2) is 30.2 Å². The molecular weight excluding hydrogens is 246 g/mol. The molecule has 0 bridgehead atoms. The maximum Gasteiger partial charge on any atom is 0.326 e. The fourth-order valence-electron chi connectivity index (χ4n) is 1.64. The van der Waals surface area contributed by atoms with Crippen LogP contribution in [0.5, 0.6) is 0 Å². The van der Waals surface area contributed by atoms with E-state index in [2.05, 4.69) is 16.0 Å². The first kappa shape index (κ1) is 15.0. The van der Waals surface area contributed by atoms with Gasteiger partial charge < -0.3 is 21.1 Å². The van der Waals surface area contributed by atoms with E-state index in [1.165, 1.54) is 0 Å². The third-order valence-corrected chi connectivity index (χ3v) is 2.64. The van der Waals surface area contributed by atoms with Gasteiger partial charge in [-0.1, -0.05) is 25.1 Å². The van der Waals surface area contributed by atoms with Gasteiger partial charge in [0.05, 0.1) is 0 Å². The maximum absolute atomic E-state index is 11.7. The summed E-state index contributed by atoms with van der Waals surface area (Å²) in [5.74, 6) is -1.04. The number of carboxylic acids is 1. The first-order valence-corrected chi connectivity index (χ1v) is 6.11. The normalized spacial score (nSPS) is 11.7. The lowest BCUT2D eigenvalue weighted by Gasteiger charge is -2.15. The summed E-state index contributed by atoms with van der Waals surface area (Å²) in [5.41, 5.74) is 1.60. The molecule has 0 saturated carbocycles. The van der Waals surface area contributed by atoms with E-state index in [0.29, 0.717) is 18.7 Å². The number of carbonyl (C=O) groups excluding carboxylic acids is 1. The molecule has 0 fully saturated rings. The van der Waals surface area contributed by atoms with E-state index >= 15 is 0 Å². The van der Waals surface area contributed by atoms with Crippen LogP contribution in [-0.2, 0) is 11.3 Å². The molecule has 1 aromatic carbocycles. The van der Waals surface area contributed by atoms with Gasteiger partial charge in [0, 0.05) is 12.2 Å². The average molecular weight is 265 g/mol. The second-order valence-electron chi connectivity index (χ2n) is 4.09. The number of urea groups is 1. The van der Waals surface area contributed by atoms with Crippen molar-refractivity contribution in [2.75, 3.05) is 12.4 Å². The van der Waals surface area contributed by atoms with E-state index in [4.69, 9.17) is 5.11 Å². The Kier molecular flexibility index (Phi) is 5.81. The monoisotopic (exact) mass is 265 g/mol. The van der Waals surface area contributed by atoms with Gasteiger partial charge >= 0.3 is 12.0 Å². The fourth-order valence-corrected chi connectivity index (χ4v) is 1.64. The molecule has 1 atom stereocenters. The highest BCUT2D eigenvalue weighted by molar-refractivity contribution is 5.92. The van der Waals surface area contributed by atoms with Gasteiger partial charge in [-0.15, -0.1) is 0 Å². The molecule has 0 spiro atoms. The lowest BCUT2D eigenvalue weighted by Crippen LogP contribution is -2.42. The zero-order chi connectivity index (χ0) is 14.3. The predicted octanol–water partition coefficient (Wildman–Crippen LogP) is 1.39. The molecule has 104 valence electrons. The van der Waals surface area contributed by atoms with E-state index in [1.54, 1.807) is 13.0 Å². The van der Waals surface area contributed by atoms with Crippen LogP contribution < -0.4 is 16.0 Å². The van der Waals surface area contributed by atoms with E-state index in [9.17, 15) is 9.59 Å². The number of para-hydroxylation sites is 1. The molecule has 1 aromatic rings. The van der Waals surface area contributed by atoms with Gasteiger partial charge in [0.2, 0.25) is 0 Å². The van der Waals surface area contributed by atoms with Gasteiger partial charge in [0.1, 0.15) is 6.04 Å². The van der Waals surface area contributed by atoms with Crippen LogP contribution in [0.2, 0.25) is 0 Å². The predicted molar refractivity (Wildman–Crippen MR) is 73.1 cm³/mol.